The van der Waals surface area contributed by atoms with Crippen LogP contribution in [0.1, 0.15) is 36.0 Å². The van der Waals surface area contributed by atoms with E-state index < -0.39 is 0 Å². The molecule has 0 aliphatic rings. The number of hydrogen-bond acceptors (Lipinski definition) is 5. The molecule has 2 heterocycles. The summed E-state index contributed by atoms with van der Waals surface area (Å²) in [5.74, 6) is 1.24. The van der Waals surface area contributed by atoms with Gasteiger partial charge in [-0.25, -0.2) is 0 Å². The number of thiophene rings is 1. The summed E-state index contributed by atoms with van der Waals surface area (Å²) in [6.45, 7) is 2.07. The van der Waals surface area contributed by atoms with Gasteiger partial charge in [0.15, 0.2) is 5.82 Å². The normalized spacial score (nSPS) is 12.9. The molecule has 0 aromatic carbocycles. The first kappa shape index (κ1) is 10.3. The molecule has 4 nitrogen and oxygen atoms in total. The summed E-state index contributed by atoms with van der Waals surface area (Å²) in [7, 11) is 0. The van der Waals surface area contributed by atoms with Gasteiger partial charge in [-0.05, 0) is 17.9 Å². The van der Waals surface area contributed by atoms with Crippen molar-refractivity contribution in [2.45, 2.75) is 25.8 Å². The van der Waals surface area contributed by atoms with E-state index in [0.29, 0.717) is 11.7 Å². The second-order valence-corrected chi connectivity index (χ2v) is 4.27. The molecule has 0 spiro atoms. The zero-order valence-electron chi connectivity index (χ0n) is 8.51. The molecule has 0 aliphatic heterocycles. The summed E-state index contributed by atoms with van der Waals surface area (Å²) in [5, 5.41) is 5.87. The Kier molecular flexibility index (Phi) is 3.13. The minimum absolute atomic E-state index is 0.264. The lowest BCUT2D eigenvalue weighted by molar-refractivity contribution is 0.370. The van der Waals surface area contributed by atoms with Gasteiger partial charge in [0.25, 0.3) is 0 Å². The molecule has 0 saturated heterocycles. The van der Waals surface area contributed by atoms with Crippen molar-refractivity contribution in [2.24, 2.45) is 5.73 Å². The van der Waals surface area contributed by atoms with Crippen LogP contribution in [0.5, 0.6) is 0 Å². The second kappa shape index (κ2) is 4.55. The Morgan fingerprint density at radius 3 is 3.13 bits per heavy atom. The molecule has 5 heteroatoms. The Hall–Kier alpha value is -1.20. The van der Waals surface area contributed by atoms with Crippen LogP contribution in [0.3, 0.4) is 0 Å². The Bertz CT molecular complexity index is 410. The van der Waals surface area contributed by atoms with Crippen LogP contribution in [0.2, 0.25) is 0 Å². The molecule has 2 rings (SSSR count). The van der Waals surface area contributed by atoms with Crippen LogP contribution in [-0.2, 0) is 6.42 Å². The largest absolute Gasteiger partial charge is 0.339 e. The average Bonchev–Trinajstić information content (AvgIpc) is 2.87. The van der Waals surface area contributed by atoms with Crippen LogP contribution in [-0.4, -0.2) is 10.1 Å². The van der Waals surface area contributed by atoms with Crippen molar-refractivity contribution in [3.05, 3.63) is 34.1 Å². The monoisotopic (exact) mass is 223 g/mol. The van der Waals surface area contributed by atoms with E-state index in [4.69, 9.17) is 10.3 Å². The molecule has 80 valence electrons. The summed E-state index contributed by atoms with van der Waals surface area (Å²) in [4.78, 5) is 5.31. The SMILES string of the molecule is CCCc1nc(C(N)c2cccs2)no1. The van der Waals surface area contributed by atoms with Crippen LogP contribution < -0.4 is 5.73 Å². The molecule has 0 bridgehead atoms. The lowest BCUT2D eigenvalue weighted by Crippen LogP contribution is -2.12. The van der Waals surface area contributed by atoms with Gasteiger partial charge in [-0.3, -0.25) is 0 Å². The van der Waals surface area contributed by atoms with Gasteiger partial charge in [0.05, 0.1) is 0 Å². The first-order valence-electron chi connectivity index (χ1n) is 4.92. The van der Waals surface area contributed by atoms with Crippen molar-refractivity contribution in [3.63, 3.8) is 0 Å². The molecular weight excluding hydrogens is 210 g/mol. The van der Waals surface area contributed by atoms with Crippen molar-refractivity contribution < 1.29 is 4.52 Å². The highest BCUT2D eigenvalue weighted by molar-refractivity contribution is 7.10. The molecule has 0 fully saturated rings. The van der Waals surface area contributed by atoms with Gasteiger partial charge in [-0.2, -0.15) is 4.98 Å². The van der Waals surface area contributed by atoms with Crippen molar-refractivity contribution >= 4 is 11.3 Å². The minimum atomic E-state index is -0.264. The van der Waals surface area contributed by atoms with Crippen LogP contribution in [0.4, 0.5) is 0 Å². The Morgan fingerprint density at radius 2 is 2.47 bits per heavy atom. The summed E-state index contributed by atoms with van der Waals surface area (Å²) in [5.41, 5.74) is 6.00. The maximum absolute atomic E-state index is 6.00. The summed E-state index contributed by atoms with van der Waals surface area (Å²) in [6, 6.07) is 3.68. The summed E-state index contributed by atoms with van der Waals surface area (Å²) >= 11 is 1.60. The van der Waals surface area contributed by atoms with E-state index >= 15 is 0 Å². The maximum Gasteiger partial charge on any atom is 0.226 e. The summed E-state index contributed by atoms with van der Waals surface area (Å²) in [6.07, 6.45) is 1.81. The number of rotatable bonds is 4. The van der Waals surface area contributed by atoms with Gasteiger partial charge in [-0.1, -0.05) is 18.1 Å². The zero-order valence-corrected chi connectivity index (χ0v) is 9.33. The zero-order chi connectivity index (χ0) is 10.7. The van der Waals surface area contributed by atoms with E-state index in [2.05, 4.69) is 17.1 Å². The van der Waals surface area contributed by atoms with Gasteiger partial charge in [0.1, 0.15) is 6.04 Å². The van der Waals surface area contributed by atoms with E-state index in [9.17, 15) is 0 Å². The molecule has 2 aromatic rings. The summed E-state index contributed by atoms with van der Waals surface area (Å²) < 4.78 is 5.09. The van der Waals surface area contributed by atoms with Gasteiger partial charge in [0.2, 0.25) is 5.89 Å². The first-order chi connectivity index (χ1) is 7.31. The molecule has 1 atom stereocenters. The number of hydrogen-bond donors (Lipinski definition) is 1. The first-order valence-corrected chi connectivity index (χ1v) is 5.80. The quantitative estimate of drug-likeness (QED) is 0.862. The third-order valence-electron chi connectivity index (χ3n) is 2.08. The molecule has 1 unspecified atom stereocenters. The smallest absolute Gasteiger partial charge is 0.226 e. The Morgan fingerprint density at radius 1 is 1.60 bits per heavy atom. The third kappa shape index (κ3) is 2.24. The number of nitrogens with two attached hydrogens (primary N) is 1. The van der Waals surface area contributed by atoms with E-state index in [-0.39, 0.29) is 6.04 Å². The van der Waals surface area contributed by atoms with Gasteiger partial charge in [0, 0.05) is 11.3 Å². The van der Waals surface area contributed by atoms with Gasteiger partial charge < -0.3 is 10.3 Å². The highest BCUT2D eigenvalue weighted by Crippen LogP contribution is 2.21. The molecule has 0 aliphatic carbocycles. The van der Waals surface area contributed by atoms with E-state index in [1.54, 1.807) is 11.3 Å². The highest BCUT2D eigenvalue weighted by Gasteiger charge is 2.16. The van der Waals surface area contributed by atoms with Crippen molar-refractivity contribution in [1.29, 1.82) is 0 Å². The molecular formula is C10H13N3OS. The fourth-order valence-electron chi connectivity index (χ4n) is 1.31. The standard InChI is InChI=1S/C10H13N3OS/c1-2-4-8-12-10(13-14-8)9(11)7-5-3-6-15-7/h3,5-6,9H,2,4,11H2,1H3. The van der Waals surface area contributed by atoms with E-state index in [0.717, 1.165) is 17.7 Å². The van der Waals surface area contributed by atoms with Crippen molar-refractivity contribution in [3.8, 4) is 0 Å². The van der Waals surface area contributed by atoms with Crippen LogP contribution in [0.25, 0.3) is 0 Å². The fraction of sp³-hybridized carbons (Fsp3) is 0.400. The Balaban J connectivity index is 2.15. The molecule has 0 saturated carbocycles. The second-order valence-electron chi connectivity index (χ2n) is 3.29. The number of aryl methyl sites for hydroxylation is 1. The van der Waals surface area contributed by atoms with Crippen molar-refractivity contribution in [1.82, 2.24) is 10.1 Å². The van der Waals surface area contributed by atoms with Crippen molar-refractivity contribution in [2.75, 3.05) is 0 Å². The maximum atomic E-state index is 6.00. The predicted molar refractivity (Wildman–Crippen MR) is 58.6 cm³/mol. The molecule has 0 radical (unpaired) electrons. The highest BCUT2D eigenvalue weighted by atomic mass is 32.1. The lowest BCUT2D eigenvalue weighted by atomic mass is 10.2. The molecule has 0 amide bonds. The van der Waals surface area contributed by atoms with Gasteiger partial charge >= 0.3 is 0 Å². The van der Waals surface area contributed by atoms with E-state index in [1.165, 1.54) is 0 Å². The third-order valence-corrected chi connectivity index (χ3v) is 3.03. The fourth-order valence-corrected chi connectivity index (χ4v) is 2.03. The van der Waals surface area contributed by atoms with Crippen LogP contribution in [0, 0.1) is 0 Å². The minimum Gasteiger partial charge on any atom is -0.339 e. The molecule has 2 aromatic heterocycles. The molecule has 2 N–H and O–H groups in total. The van der Waals surface area contributed by atoms with Crippen LogP contribution >= 0.6 is 11.3 Å². The number of nitrogens with zero attached hydrogens (tertiary/aromatic N) is 2. The van der Waals surface area contributed by atoms with E-state index in [1.807, 2.05) is 17.5 Å². The topological polar surface area (TPSA) is 64.9 Å². The average molecular weight is 223 g/mol. The lowest BCUT2D eigenvalue weighted by Gasteiger charge is -2.01. The Labute approximate surface area is 92.1 Å². The number of aromatic nitrogens is 2. The molecule has 15 heavy (non-hydrogen) atoms. The van der Waals surface area contributed by atoms with Gasteiger partial charge in [-0.15, -0.1) is 11.3 Å². The van der Waals surface area contributed by atoms with Crippen LogP contribution in [0.15, 0.2) is 22.0 Å². The predicted octanol–water partition coefficient (Wildman–Crippen LogP) is 2.13.